The molecule has 0 spiro atoms. The van der Waals surface area contributed by atoms with Crippen LogP contribution in [0.5, 0.6) is 0 Å². The highest BCUT2D eigenvalue weighted by atomic mass is 32.1. The molecule has 1 unspecified atom stereocenters. The molecule has 84 valence electrons. The summed E-state index contributed by atoms with van der Waals surface area (Å²) in [5.74, 6) is 0.870. The van der Waals surface area contributed by atoms with E-state index in [1.807, 2.05) is 13.1 Å². The van der Waals surface area contributed by atoms with Crippen LogP contribution in [0.1, 0.15) is 37.6 Å². The van der Waals surface area contributed by atoms with Crippen LogP contribution in [0.2, 0.25) is 0 Å². The Bertz CT molecular complexity index is 313. The van der Waals surface area contributed by atoms with Gasteiger partial charge < -0.3 is 10.6 Å². The van der Waals surface area contributed by atoms with E-state index in [1.165, 1.54) is 17.7 Å². The van der Waals surface area contributed by atoms with Gasteiger partial charge in [-0.15, -0.1) is 11.3 Å². The van der Waals surface area contributed by atoms with Crippen LogP contribution in [0, 0.1) is 5.92 Å². The van der Waals surface area contributed by atoms with E-state index in [4.69, 9.17) is 5.73 Å². The molecule has 1 fully saturated rings. The van der Waals surface area contributed by atoms with Crippen molar-refractivity contribution in [1.29, 1.82) is 0 Å². The van der Waals surface area contributed by atoms with E-state index in [-0.39, 0.29) is 6.04 Å². The maximum atomic E-state index is 5.83. The normalized spacial score (nSPS) is 20.6. The van der Waals surface area contributed by atoms with Crippen molar-refractivity contribution in [3.8, 4) is 0 Å². The number of piperidine rings is 1. The fourth-order valence-corrected chi connectivity index (χ4v) is 2.75. The highest BCUT2D eigenvalue weighted by molar-refractivity contribution is 7.15. The van der Waals surface area contributed by atoms with Crippen LogP contribution in [-0.4, -0.2) is 18.1 Å². The van der Waals surface area contributed by atoms with Crippen LogP contribution >= 0.6 is 11.3 Å². The zero-order valence-corrected chi connectivity index (χ0v) is 10.3. The Hall–Kier alpha value is -0.610. The molecule has 1 aliphatic rings. The number of nitrogens with two attached hydrogens (primary N) is 1. The predicted molar refractivity (Wildman–Crippen MR) is 65.3 cm³/mol. The standard InChI is InChI=1S/C11H19N3S/c1-8-3-5-14(6-4-8)11-13-7-10(15-11)9(2)12/h7-9H,3-6,12H2,1-2H3. The average molecular weight is 225 g/mol. The van der Waals surface area contributed by atoms with Gasteiger partial charge in [0.15, 0.2) is 5.13 Å². The van der Waals surface area contributed by atoms with E-state index < -0.39 is 0 Å². The smallest absolute Gasteiger partial charge is 0.185 e. The van der Waals surface area contributed by atoms with Gasteiger partial charge in [-0.05, 0) is 25.7 Å². The third-order valence-corrected chi connectivity index (χ3v) is 4.27. The molecule has 1 aromatic heterocycles. The number of aromatic nitrogens is 1. The molecule has 1 aromatic rings. The van der Waals surface area contributed by atoms with E-state index in [1.54, 1.807) is 11.3 Å². The molecule has 0 radical (unpaired) electrons. The van der Waals surface area contributed by atoms with Crippen molar-refractivity contribution in [2.24, 2.45) is 11.7 Å². The first kappa shape index (κ1) is 10.9. The van der Waals surface area contributed by atoms with E-state index in [9.17, 15) is 0 Å². The Kier molecular flexibility index (Phi) is 3.26. The minimum atomic E-state index is 0.111. The van der Waals surface area contributed by atoms with E-state index in [0.29, 0.717) is 0 Å². The van der Waals surface area contributed by atoms with Crippen LogP contribution in [0.15, 0.2) is 6.20 Å². The predicted octanol–water partition coefficient (Wildman–Crippen LogP) is 2.40. The molecule has 2 N–H and O–H groups in total. The molecule has 0 aliphatic carbocycles. The Morgan fingerprint density at radius 3 is 2.73 bits per heavy atom. The number of rotatable bonds is 2. The Morgan fingerprint density at radius 1 is 1.53 bits per heavy atom. The number of anilines is 1. The van der Waals surface area contributed by atoms with Crippen LogP contribution in [0.3, 0.4) is 0 Å². The first-order valence-corrected chi connectivity index (χ1v) is 6.44. The number of thiazole rings is 1. The third kappa shape index (κ3) is 2.49. The van der Waals surface area contributed by atoms with Crippen molar-refractivity contribution in [2.45, 2.75) is 32.7 Å². The molecule has 1 atom stereocenters. The van der Waals surface area contributed by atoms with Gasteiger partial charge in [0.25, 0.3) is 0 Å². The lowest BCUT2D eigenvalue weighted by Crippen LogP contribution is -2.32. The first-order chi connectivity index (χ1) is 7.16. The highest BCUT2D eigenvalue weighted by Crippen LogP contribution is 2.29. The van der Waals surface area contributed by atoms with Crippen LogP contribution in [-0.2, 0) is 0 Å². The summed E-state index contributed by atoms with van der Waals surface area (Å²) in [5.41, 5.74) is 5.83. The lowest BCUT2D eigenvalue weighted by molar-refractivity contribution is 0.438. The van der Waals surface area contributed by atoms with E-state index >= 15 is 0 Å². The van der Waals surface area contributed by atoms with Crippen molar-refractivity contribution in [3.63, 3.8) is 0 Å². The van der Waals surface area contributed by atoms with Gasteiger partial charge in [-0.3, -0.25) is 0 Å². The van der Waals surface area contributed by atoms with Crippen molar-refractivity contribution in [1.82, 2.24) is 4.98 Å². The van der Waals surface area contributed by atoms with Gasteiger partial charge in [-0.25, -0.2) is 4.98 Å². The quantitative estimate of drug-likeness (QED) is 0.840. The molecule has 0 bridgehead atoms. The van der Waals surface area contributed by atoms with Gasteiger partial charge >= 0.3 is 0 Å². The van der Waals surface area contributed by atoms with Crippen molar-refractivity contribution >= 4 is 16.5 Å². The molecule has 4 heteroatoms. The fourth-order valence-electron chi connectivity index (χ4n) is 1.83. The maximum absolute atomic E-state index is 5.83. The zero-order valence-electron chi connectivity index (χ0n) is 9.44. The first-order valence-electron chi connectivity index (χ1n) is 5.63. The molecule has 1 aliphatic heterocycles. The van der Waals surface area contributed by atoms with Crippen LogP contribution in [0.25, 0.3) is 0 Å². The summed E-state index contributed by atoms with van der Waals surface area (Å²) in [6, 6.07) is 0.111. The van der Waals surface area contributed by atoms with Gasteiger partial charge in [0, 0.05) is 30.2 Å². The van der Waals surface area contributed by atoms with Crippen LogP contribution in [0.4, 0.5) is 5.13 Å². The van der Waals surface area contributed by atoms with Crippen molar-refractivity contribution < 1.29 is 0 Å². The Morgan fingerprint density at radius 2 is 2.20 bits per heavy atom. The summed E-state index contributed by atoms with van der Waals surface area (Å²) in [5, 5.41) is 1.15. The van der Waals surface area contributed by atoms with E-state index in [2.05, 4.69) is 16.8 Å². The minimum absolute atomic E-state index is 0.111. The topological polar surface area (TPSA) is 42.2 Å². The lowest BCUT2D eigenvalue weighted by Gasteiger charge is -2.29. The summed E-state index contributed by atoms with van der Waals surface area (Å²) < 4.78 is 0. The molecule has 0 amide bonds. The molecule has 15 heavy (non-hydrogen) atoms. The summed E-state index contributed by atoms with van der Waals surface area (Å²) in [6.07, 6.45) is 4.49. The number of hydrogen-bond donors (Lipinski definition) is 1. The molecular weight excluding hydrogens is 206 g/mol. The van der Waals surface area contributed by atoms with Crippen molar-refractivity contribution in [3.05, 3.63) is 11.1 Å². The van der Waals surface area contributed by atoms with Gasteiger partial charge in [0.05, 0.1) is 0 Å². The van der Waals surface area contributed by atoms with Gasteiger partial charge in [-0.1, -0.05) is 6.92 Å². The molecule has 1 saturated heterocycles. The molecule has 0 aromatic carbocycles. The zero-order chi connectivity index (χ0) is 10.8. The van der Waals surface area contributed by atoms with Gasteiger partial charge in [0.2, 0.25) is 0 Å². The van der Waals surface area contributed by atoms with Gasteiger partial charge in [0.1, 0.15) is 0 Å². The number of hydrogen-bond acceptors (Lipinski definition) is 4. The second kappa shape index (κ2) is 4.49. The summed E-state index contributed by atoms with van der Waals surface area (Å²) in [4.78, 5) is 8.02. The van der Waals surface area contributed by atoms with E-state index in [0.717, 1.165) is 24.1 Å². The highest BCUT2D eigenvalue weighted by Gasteiger charge is 2.18. The Balaban J connectivity index is 2.03. The van der Waals surface area contributed by atoms with Crippen LogP contribution < -0.4 is 10.6 Å². The minimum Gasteiger partial charge on any atom is -0.348 e. The summed E-state index contributed by atoms with van der Waals surface area (Å²) >= 11 is 1.74. The maximum Gasteiger partial charge on any atom is 0.185 e. The second-order valence-electron chi connectivity index (χ2n) is 4.50. The molecule has 2 heterocycles. The molecule has 3 nitrogen and oxygen atoms in total. The monoisotopic (exact) mass is 225 g/mol. The summed E-state index contributed by atoms with van der Waals surface area (Å²) in [7, 11) is 0. The fraction of sp³-hybridized carbons (Fsp3) is 0.727. The largest absolute Gasteiger partial charge is 0.348 e. The molecular formula is C11H19N3S. The lowest BCUT2D eigenvalue weighted by atomic mass is 10.00. The van der Waals surface area contributed by atoms with Gasteiger partial charge in [-0.2, -0.15) is 0 Å². The third-order valence-electron chi connectivity index (χ3n) is 3.01. The molecule has 0 saturated carbocycles. The van der Waals surface area contributed by atoms with Crippen molar-refractivity contribution in [2.75, 3.05) is 18.0 Å². The Labute approximate surface area is 95.3 Å². The average Bonchev–Trinajstić information content (AvgIpc) is 2.68. The molecule has 2 rings (SSSR count). The number of nitrogens with zero attached hydrogens (tertiary/aromatic N) is 2. The SMILES string of the molecule is CC1CCN(c2ncc(C(C)N)s2)CC1. The second-order valence-corrected chi connectivity index (χ2v) is 5.54. The summed E-state index contributed by atoms with van der Waals surface area (Å²) in [6.45, 7) is 6.63.